The van der Waals surface area contributed by atoms with Crippen molar-refractivity contribution in [1.29, 1.82) is 0 Å². The van der Waals surface area contributed by atoms with E-state index >= 15 is 0 Å². The fourth-order valence-electron chi connectivity index (χ4n) is 2.11. The molecule has 25 heavy (non-hydrogen) atoms. The van der Waals surface area contributed by atoms with Gasteiger partial charge in [0.1, 0.15) is 0 Å². The topological polar surface area (TPSA) is 108 Å². The number of nitro groups is 2. The van der Waals surface area contributed by atoms with Crippen LogP contribution in [-0.4, -0.2) is 50.4 Å². The lowest BCUT2D eigenvalue weighted by atomic mass is 10.1. The van der Waals surface area contributed by atoms with E-state index in [9.17, 15) is 33.4 Å². The molecule has 12 heteroatoms. The molecular formula is C13H16F3N3O6. The Labute approximate surface area is 140 Å². The maximum absolute atomic E-state index is 12.9. The van der Waals surface area contributed by atoms with E-state index in [1.54, 1.807) is 0 Å². The summed E-state index contributed by atoms with van der Waals surface area (Å²) in [5.74, 6) is 0. The molecule has 140 valence electrons. The number of nitrogens with zero attached hydrogens (tertiary/aromatic N) is 3. The number of anilines is 1. The summed E-state index contributed by atoms with van der Waals surface area (Å²) in [6.45, 7) is 0.0951. The highest BCUT2D eigenvalue weighted by molar-refractivity contribution is 5.76. The number of halogens is 3. The van der Waals surface area contributed by atoms with Gasteiger partial charge in [-0.05, 0) is 0 Å². The van der Waals surface area contributed by atoms with Gasteiger partial charge in [-0.2, -0.15) is 13.2 Å². The lowest BCUT2D eigenvalue weighted by molar-refractivity contribution is -0.393. The SMILES string of the molecule is COCCN(CCOC)c1c([N+](=O)[O-])cc(C(F)(F)F)cc1[N+](=O)[O-]. The average Bonchev–Trinajstić information content (AvgIpc) is 2.53. The fraction of sp³-hybridized carbons (Fsp3) is 0.538. The number of nitro benzene ring substituents is 2. The highest BCUT2D eigenvalue weighted by atomic mass is 19.4. The van der Waals surface area contributed by atoms with Gasteiger partial charge in [0.2, 0.25) is 0 Å². The molecule has 1 aromatic rings. The molecule has 0 saturated carbocycles. The van der Waals surface area contributed by atoms with Crippen LogP contribution in [-0.2, 0) is 15.7 Å². The number of alkyl halides is 3. The van der Waals surface area contributed by atoms with Crippen LogP contribution in [0.15, 0.2) is 12.1 Å². The van der Waals surface area contributed by atoms with Crippen molar-refractivity contribution in [2.75, 3.05) is 45.4 Å². The Bertz CT molecular complexity index is 595. The third-order valence-corrected chi connectivity index (χ3v) is 3.24. The maximum atomic E-state index is 12.9. The van der Waals surface area contributed by atoms with Gasteiger partial charge in [0.25, 0.3) is 11.4 Å². The lowest BCUT2D eigenvalue weighted by Crippen LogP contribution is -2.32. The van der Waals surface area contributed by atoms with Gasteiger partial charge in [-0.3, -0.25) is 20.2 Å². The molecule has 9 nitrogen and oxygen atoms in total. The van der Waals surface area contributed by atoms with E-state index in [1.165, 1.54) is 19.1 Å². The summed E-state index contributed by atoms with van der Waals surface area (Å²) in [4.78, 5) is 21.5. The summed E-state index contributed by atoms with van der Waals surface area (Å²) in [5.41, 5.74) is -3.99. The fourth-order valence-corrected chi connectivity index (χ4v) is 2.11. The maximum Gasteiger partial charge on any atom is 0.416 e. The zero-order valence-corrected chi connectivity index (χ0v) is 13.4. The first kappa shape index (κ1) is 20.6. The van der Waals surface area contributed by atoms with Gasteiger partial charge in [0, 0.05) is 39.4 Å². The number of ether oxygens (including phenoxy) is 2. The summed E-state index contributed by atoms with van der Waals surface area (Å²) in [5, 5.41) is 22.5. The molecule has 0 heterocycles. The van der Waals surface area contributed by atoms with Crippen molar-refractivity contribution in [3.8, 4) is 0 Å². The standard InChI is InChI=1S/C13H16F3N3O6/c1-24-5-3-17(4-6-25-2)12-10(18(20)21)7-9(13(14,15)16)8-11(12)19(22)23/h7-8H,3-6H2,1-2H3. The van der Waals surface area contributed by atoms with E-state index in [0.717, 1.165) is 0 Å². The summed E-state index contributed by atoms with van der Waals surface area (Å²) >= 11 is 0. The Balaban J connectivity index is 3.61. The number of benzene rings is 1. The van der Waals surface area contributed by atoms with Crippen molar-refractivity contribution in [1.82, 2.24) is 0 Å². The molecule has 0 radical (unpaired) electrons. The summed E-state index contributed by atoms with van der Waals surface area (Å²) in [6.07, 6.45) is -4.96. The van der Waals surface area contributed by atoms with Crippen molar-refractivity contribution < 1.29 is 32.5 Å². The molecule has 0 N–H and O–H groups in total. The number of hydrogen-bond acceptors (Lipinski definition) is 7. The number of hydrogen-bond donors (Lipinski definition) is 0. The summed E-state index contributed by atoms with van der Waals surface area (Å²) in [7, 11) is 2.70. The number of methoxy groups -OCH3 is 2. The van der Waals surface area contributed by atoms with Crippen LogP contribution in [0.2, 0.25) is 0 Å². The largest absolute Gasteiger partial charge is 0.416 e. The van der Waals surface area contributed by atoms with E-state index in [1.807, 2.05) is 0 Å². The second-order valence-corrected chi connectivity index (χ2v) is 4.85. The Morgan fingerprint density at radius 3 is 1.68 bits per heavy atom. The second-order valence-electron chi connectivity index (χ2n) is 4.85. The first-order chi connectivity index (χ1) is 11.6. The van der Waals surface area contributed by atoms with Crippen molar-refractivity contribution in [3.05, 3.63) is 37.9 Å². The molecule has 0 atom stereocenters. The molecule has 0 spiro atoms. The van der Waals surface area contributed by atoms with Crippen LogP contribution in [0.4, 0.5) is 30.2 Å². The van der Waals surface area contributed by atoms with Crippen molar-refractivity contribution in [2.45, 2.75) is 6.18 Å². The van der Waals surface area contributed by atoms with Crippen LogP contribution in [0.3, 0.4) is 0 Å². The van der Waals surface area contributed by atoms with Gasteiger partial charge < -0.3 is 14.4 Å². The summed E-state index contributed by atoms with van der Waals surface area (Å²) in [6, 6.07) is 0.573. The molecule has 0 aliphatic heterocycles. The Kier molecular flexibility index (Phi) is 7.06. The quantitative estimate of drug-likeness (QED) is 0.487. The van der Waals surface area contributed by atoms with Crippen LogP contribution in [0, 0.1) is 20.2 Å². The Morgan fingerprint density at radius 2 is 1.40 bits per heavy atom. The zero-order valence-electron chi connectivity index (χ0n) is 13.4. The van der Waals surface area contributed by atoms with Crippen LogP contribution in [0.25, 0.3) is 0 Å². The van der Waals surface area contributed by atoms with Crippen LogP contribution in [0.1, 0.15) is 5.56 Å². The monoisotopic (exact) mass is 367 g/mol. The summed E-state index contributed by atoms with van der Waals surface area (Å²) < 4.78 is 48.4. The van der Waals surface area contributed by atoms with Gasteiger partial charge in [-0.25, -0.2) is 0 Å². The first-order valence-corrected chi connectivity index (χ1v) is 6.90. The first-order valence-electron chi connectivity index (χ1n) is 6.90. The Morgan fingerprint density at radius 1 is 1.00 bits per heavy atom. The highest BCUT2D eigenvalue weighted by Gasteiger charge is 2.39. The minimum absolute atomic E-state index is 0.00704. The lowest BCUT2D eigenvalue weighted by Gasteiger charge is -2.24. The van der Waals surface area contributed by atoms with Crippen LogP contribution < -0.4 is 4.90 Å². The highest BCUT2D eigenvalue weighted by Crippen LogP contribution is 2.43. The smallest absolute Gasteiger partial charge is 0.383 e. The zero-order chi connectivity index (χ0) is 19.2. The van der Waals surface area contributed by atoms with E-state index in [0.29, 0.717) is 0 Å². The predicted octanol–water partition coefficient (Wildman–Crippen LogP) is 2.62. The minimum Gasteiger partial charge on any atom is -0.383 e. The molecule has 0 amide bonds. The number of rotatable bonds is 9. The molecule has 1 aromatic carbocycles. The third kappa shape index (κ3) is 5.26. The van der Waals surface area contributed by atoms with Crippen molar-refractivity contribution in [3.63, 3.8) is 0 Å². The normalized spacial score (nSPS) is 11.4. The van der Waals surface area contributed by atoms with E-state index < -0.39 is 38.6 Å². The van der Waals surface area contributed by atoms with Crippen LogP contribution in [0.5, 0.6) is 0 Å². The van der Waals surface area contributed by atoms with E-state index in [2.05, 4.69) is 0 Å². The molecular weight excluding hydrogens is 351 g/mol. The molecule has 0 bridgehead atoms. The predicted molar refractivity (Wildman–Crippen MR) is 80.7 cm³/mol. The minimum atomic E-state index is -4.96. The average molecular weight is 367 g/mol. The molecule has 0 aromatic heterocycles. The molecule has 0 unspecified atom stereocenters. The van der Waals surface area contributed by atoms with Crippen molar-refractivity contribution >= 4 is 17.1 Å². The third-order valence-electron chi connectivity index (χ3n) is 3.24. The van der Waals surface area contributed by atoms with Gasteiger partial charge in [-0.15, -0.1) is 0 Å². The molecule has 0 fully saturated rings. The van der Waals surface area contributed by atoms with Gasteiger partial charge in [-0.1, -0.05) is 0 Å². The van der Waals surface area contributed by atoms with Gasteiger partial charge >= 0.3 is 6.18 Å². The second kappa shape index (κ2) is 8.58. The molecule has 0 aliphatic carbocycles. The van der Waals surface area contributed by atoms with Crippen molar-refractivity contribution in [2.24, 2.45) is 0 Å². The molecule has 1 rings (SSSR count). The van der Waals surface area contributed by atoms with Gasteiger partial charge in [0.15, 0.2) is 5.69 Å². The van der Waals surface area contributed by atoms with Crippen LogP contribution >= 0.6 is 0 Å². The Hall–Kier alpha value is -2.47. The van der Waals surface area contributed by atoms with E-state index in [4.69, 9.17) is 9.47 Å². The molecule has 0 aliphatic rings. The van der Waals surface area contributed by atoms with Gasteiger partial charge in [0.05, 0.1) is 28.6 Å². The van der Waals surface area contributed by atoms with E-state index in [-0.39, 0.29) is 38.4 Å². The molecule has 0 saturated heterocycles.